The van der Waals surface area contributed by atoms with E-state index in [1.807, 2.05) is 35.4 Å². The van der Waals surface area contributed by atoms with E-state index >= 15 is 0 Å². The number of ether oxygens (including phenoxy) is 2. The molecule has 4 heterocycles. The molecule has 5 rings (SSSR count). The van der Waals surface area contributed by atoms with Crippen molar-refractivity contribution >= 4 is 29.2 Å². The van der Waals surface area contributed by atoms with Crippen LogP contribution in [0.2, 0.25) is 0 Å². The molecule has 216 valence electrons. The molecule has 3 aliphatic heterocycles. The number of carbonyl (C=O) groups excluding carboxylic acids is 1. The summed E-state index contributed by atoms with van der Waals surface area (Å²) in [5, 5.41) is 13.1. The number of benzene rings is 1. The highest BCUT2D eigenvalue weighted by molar-refractivity contribution is 6.05. The van der Waals surface area contributed by atoms with Gasteiger partial charge in [0.1, 0.15) is 5.84 Å². The van der Waals surface area contributed by atoms with Crippen LogP contribution in [0.3, 0.4) is 0 Å². The largest absolute Gasteiger partial charge is 0.378 e. The number of aliphatic imine (C=N–C) groups is 1. The van der Waals surface area contributed by atoms with Gasteiger partial charge in [-0.3, -0.25) is 4.79 Å². The maximum absolute atomic E-state index is 12.3. The Kier molecular flexibility index (Phi) is 9.02. The highest BCUT2D eigenvalue weighted by atomic mass is 16.5. The molecule has 1 aromatic carbocycles. The highest BCUT2D eigenvalue weighted by Gasteiger charge is 2.32. The quantitative estimate of drug-likeness (QED) is 0.441. The number of methoxy groups -OCH3 is 1. The SMILES string of the molecule is C=CC(=O)NC1=CC(Nc2nccc(N3CC(CN(C)C)C(c4ccccc4)=N3)n2)C(OC)N=C1N1CCOCC1. The molecule has 0 aliphatic carbocycles. The van der Waals surface area contributed by atoms with Gasteiger partial charge in [-0.05, 0) is 31.8 Å². The topological polar surface area (TPSA) is 120 Å². The molecule has 12 heteroatoms. The van der Waals surface area contributed by atoms with Gasteiger partial charge in [0, 0.05) is 44.9 Å². The number of hydrogen-bond acceptors (Lipinski definition) is 11. The van der Waals surface area contributed by atoms with Gasteiger partial charge in [-0.15, -0.1) is 0 Å². The van der Waals surface area contributed by atoms with E-state index in [9.17, 15) is 4.79 Å². The van der Waals surface area contributed by atoms with Crippen molar-refractivity contribution in [2.75, 3.05) is 70.9 Å². The smallest absolute Gasteiger partial charge is 0.247 e. The van der Waals surface area contributed by atoms with Crippen LogP contribution in [0, 0.1) is 5.92 Å². The van der Waals surface area contributed by atoms with E-state index in [1.165, 1.54) is 6.08 Å². The van der Waals surface area contributed by atoms with Crippen molar-refractivity contribution in [1.82, 2.24) is 25.1 Å². The lowest BCUT2D eigenvalue weighted by Gasteiger charge is -2.35. The fraction of sp³-hybridized carbons (Fsp3) is 0.414. The van der Waals surface area contributed by atoms with E-state index in [-0.39, 0.29) is 11.8 Å². The van der Waals surface area contributed by atoms with Crippen LogP contribution in [0.5, 0.6) is 0 Å². The number of morpholine rings is 1. The lowest BCUT2D eigenvalue weighted by atomic mass is 9.97. The Labute approximate surface area is 240 Å². The molecule has 2 N–H and O–H groups in total. The minimum Gasteiger partial charge on any atom is -0.378 e. The first-order valence-electron chi connectivity index (χ1n) is 13.7. The molecule has 3 unspecified atom stereocenters. The van der Waals surface area contributed by atoms with Crippen LogP contribution in [0.4, 0.5) is 11.8 Å². The standard InChI is InChI=1S/C29H37N9O3/c1-5-25(39)31-22-17-23(28(40-4)34-27(22)37-13-15-41-16-14-37)32-29-30-12-11-24(33-29)38-19-21(18-36(2)3)26(35-38)20-9-7-6-8-10-20/h5-12,17,21,23,28H,1,13-16,18-19H2,2-4H3,(H,31,39)(H,30,32,33). The number of hydrogen-bond donors (Lipinski definition) is 2. The number of aromatic nitrogens is 2. The molecule has 12 nitrogen and oxygen atoms in total. The number of nitrogens with one attached hydrogen (secondary N) is 2. The highest BCUT2D eigenvalue weighted by Crippen LogP contribution is 2.26. The Morgan fingerprint density at radius 1 is 1.22 bits per heavy atom. The molecule has 0 radical (unpaired) electrons. The predicted molar refractivity (Wildman–Crippen MR) is 159 cm³/mol. The van der Waals surface area contributed by atoms with Gasteiger partial charge >= 0.3 is 0 Å². The van der Waals surface area contributed by atoms with E-state index in [0.717, 1.165) is 17.8 Å². The molecule has 0 saturated carbocycles. The van der Waals surface area contributed by atoms with Crippen LogP contribution < -0.4 is 15.6 Å². The lowest BCUT2D eigenvalue weighted by molar-refractivity contribution is -0.115. The van der Waals surface area contributed by atoms with Crippen LogP contribution in [0.15, 0.2) is 77.1 Å². The molecule has 41 heavy (non-hydrogen) atoms. The Morgan fingerprint density at radius 3 is 2.71 bits per heavy atom. The molecule has 3 atom stereocenters. The van der Waals surface area contributed by atoms with Gasteiger partial charge in [0.25, 0.3) is 0 Å². The molecule has 1 saturated heterocycles. The number of hydrazone groups is 1. The normalized spacial score (nSPS) is 22.6. The van der Waals surface area contributed by atoms with Gasteiger partial charge in [-0.1, -0.05) is 36.9 Å². The zero-order valence-corrected chi connectivity index (χ0v) is 23.7. The monoisotopic (exact) mass is 559 g/mol. The summed E-state index contributed by atoms with van der Waals surface area (Å²) < 4.78 is 11.2. The second-order valence-electron chi connectivity index (χ2n) is 10.3. The van der Waals surface area contributed by atoms with Crippen molar-refractivity contribution in [1.29, 1.82) is 0 Å². The van der Waals surface area contributed by atoms with Crippen LogP contribution in [0.25, 0.3) is 0 Å². The van der Waals surface area contributed by atoms with Crippen LogP contribution in [-0.2, 0) is 14.3 Å². The number of carbonyl (C=O) groups is 1. The van der Waals surface area contributed by atoms with Gasteiger partial charge in [0.2, 0.25) is 11.9 Å². The molecular formula is C29H37N9O3. The lowest BCUT2D eigenvalue weighted by Crippen LogP contribution is -2.49. The Morgan fingerprint density at radius 2 is 2.00 bits per heavy atom. The number of rotatable bonds is 9. The first kappa shape index (κ1) is 28.4. The van der Waals surface area contributed by atoms with Crippen molar-refractivity contribution < 1.29 is 14.3 Å². The van der Waals surface area contributed by atoms with E-state index < -0.39 is 12.3 Å². The molecule has 1 fully saturated rings. The van der Waals surface area contributed by atoms with E-state index in [2.05, 4.69) is 58.2 Å². The minimum absolute atomic E-state index is 0.224. The number of amidine groups is 1. The summed E-state index contributed by atoms with van der Waals surface area (Å²) in [6.45, 7) is 7.65. The van der Waals surface area contributed by atoms with Crippen molar-refractivity contribution in [2.24, 2.45) is 16.0 Å². The van der Waals surface area contributed by atoms with Crippen molar-refractivity contribution in [3.63, 3.8) is 0 Å². The average Bonchev–Trinajstić information content (AvgIpc) is 3.41. The molecule has 0 bridgehead atoms. The molecule has 1 aromatic heterocycles. The third kappa shape index (κ3) is 6.79. The van der Waals surface area contributed by atoms with Gasteiger partial charge in [0.15, 0.2) is 12.0 Å². The zero-order valence-electron chi connectivity index (χ0n) is 23.7. The van der Waals surface area contributed by atoms with Gasteiger partial charge in [-0.2, -0.15) is 10.1 Å². The fourth-order valence-electron chi connectivity index (χ4n) is 5.12. The second-order valence-corrected chi connectivity index (χ2v) is 10.3. The van der Waals surface area contributed by atoms with E-state index in [4.69, 9.17) is 24.6 Å². The van der Waals surface area contributed by atoms with Gasteiger partial charge in [0.05, 0.1) is 37.2 Å². The first-order valence-corrected chi connectivity index (χ1v) is 13.7. The minimum atomic E-state index is -0.566. The fourth-order valence-corrected chi connectivity index (χ4v) is 5.12. The Balaban J connectivity index is 1.39. The van der Waals surface area contributed by atoms with Gasteiger partial charge < -0.3 is 29.9 Å². The second kappa shape index (κ2) is 13.0. The van der Waals surface area contributed by atoms with Crippen molar-refractivity contribution in [3.05, 3.63) is 72.6 Å². The van der Waals surface area contributed by atoms with Gasteiger partial charge in [-0.25, -0.2) is 15.0 Å². The molecule has 1 amide bonds. The maximum atomic E-state index is 12.3. The van der Waals surface area contributed by atoms with E-state index in [1.54, 1.807) is 13.3 Å². The summed E-state index contributed by atoms with van der Waals surface area (Å²) in [7, 11) is 5.74. The van der Waals surface area contributed by atoms with Crippen LogP contribution >= 0.6 is 0 Å². The van der Waals surface area contributed by atoms with Crippen LogP contribution in [0.1, 0.15) is 5.56 Å². The summed E-state index contributed by atoms with van der Waals surface area (Å²) in [4.78, 5) is 30.6. The number of anilines is 2. The molecule has 0 spiro atoms. The summed E-state index contributed by atoms with van der Waals surface area (Å²) in [6, 6.07) is 11.7. The third-order valence-electron chi connectivity index (χ3n) is 7.00. The molecule has 2 aromatic rings. The number of dihydropyridines is 1. The Bertz CT molecular complexity index is 1320. The average molecular weight is 560 g/mol. The Hall–Kier alpha value is -4.13. The maximum Gasteiger partial charge on any atom is 0.247 e. The van der Waals surface area contributed by atoms with Crippen LogP contribution in [-0.4, -0.2) is 110 Å². The number of nitrogens with zero attached hydrogens (tertiary/aromatic N) is 7. The summed E-state index contributed by atoms with van der Waals surface area (Å²) in [5.41, 5.74) is 2.71. The number of amides is 1. The first-order chi connectivity index (χ1) is 19.9. The summed E-state index contributed by atoms with van der Waals surface area (Å²) in [5.74, 6) is 1.64. The molecular weight excluding hydrogens is 522 g/mol. The molecule has 3 aliphatic rings. The van der Waals surface area contributed by atoms with Crippen molar-refractivity contribution in [2.45, 2.75) is 12.3 Å². The summed E-state index contributed by atoms with van der Waals surface area (Å²) in [6.07, 6.45) is 4.26. The predicted octanol–water partition coefficient (Wildman–Crippen LogP) is 1.56. The van der Waals surface area contributed by atoms with E-state index in [0.29, 0.717) is 56.1 Å². The van der Waals surface area contributed by atoms with Crippen molar-refractivity contribution in [3.8, 4) is 0 Å². The zero-order chi connectivity index (χ0) is 28.8. The third-order valence-corrected chi connectivity index (χ3v) is 7.00. The summed E-state index contributed by atoms with van der Waals surface area (Å²) >= 11 is 0.